The lowest BCUT2D eigenvalue weighted by molar-refractivity contribution is 0.312. The first-order valence-electron chi connectivity index (χ1n) is 6.95. The minimum absolute atomic E-state index is 0.161. The highest BCUT2D eigenvalue weighted by Crippen LogP contribution is 2.43. The number of pyridine rings is 1. The van der Waals surface area contributed by atoms with Crippen LogP contribution in [0.2, 0.25) is 0 Å². The number of anilines is 1. The molecule has 2 heterocycles. The monoisotopic (exact) mass is 256 g/mol. The Hall–Kier alpha value is -1.84. The highest BCUT2D eigenvalue weighted by atomic mass is 15.2. The zero-order valence-corrected chi connectivity index (χ0v) is 11.3. The Labute approximate surface area is 113 Å². The average molecular weight is 256 g/mol. The fraction of sp³-hybridized carbons (Fsp3) is 0.467. The van der Waals surface area contributed by atoms with E-state index in [1.54, 1.807) is 6.20 Å². The molecule has 100 valence electrons. The second-order valence-corrected chi connectivity index (χ2v) is 5.72. The highest BCUT2D eigenvalue weighted by Gasteiger charge is 2.33. The molecule has 0 unspecified atom stereocenters. The summed E-state index contributed by atoms with van der Waals surface area (Å²) in [4.78, 5) is 4.19. The predicted molar refractivity (Wildman–Crippen MR) is 76.7 cm³/mol. The van der Waals surface area contributed by atoms with Crippen LogP contribution in [0.4, 0.5) is 5.82 Å². The van der Waals surface area contributed by atoms with Gasteiger partial charge in [0.05, 0.1) is 5.69 Å². The van der Waals surface area contributed by atoms with Gasteiger partial charge in [0.1, 0.15) is 0 Å². The molecule has 1 aliphatic carbocycles. The van der Waals surface area contributed by atoms with E-state index >= 15 is 0 Å². The molecule has 0 spiro atoms. The van der Waals surface area contributed by atoms with Gasteiger partial charge in [0.25, 0.3) is 0 Å². The molecule has 0 radical (unpaired) electrons. The van der Waals surface area contributed by atoms with Gasteiger partial charge < -0.3 is 5.73 Å². The average Bonchev–Trinajstić information content (AvgIpc) is 2.83. The number of aromatic nitrogens is 3. The topological polar surface area (TPSA) is 67.6 Å². The van der Waals surface area contributed by atoms with Crippen molar-refractivity contribution < 1.29 is 0 Å². The summed E-state index contributed by atoms with van der Waals surface area (Å²) in [7, 11) is 0. The molecular weight excluding hydrogens is 236 g/mol. The molecule has 1 fully saturated rings. The molecule has 0 amide bonds. The van der Waals surface area contributed by atoms with Gasteiger partial charge in [-0.3, -0.25) is 10.1 Å². The fourth-order valence-electron chi connectivity index (χ4n) is 3.18. The Morgan fingerprint density at radius 1 is 1.26 bits per heavy atom. The molecule has 0 aliphatic heterocycles. The van der Waals surface area contributed by atoms with Crippen molar-refractivity contribution in [1.82, 2.24) is 15.2 Å². The van der Waals surface area contributed by atoms with Crippen molar-refractivity contribution in [2.45, 2.75) is 44.4 Å². The van der Waals surface area contributed by atoms with E-state index in [-0.39, 0.29) is 5.41 Å². The smallest absolute Gasteiger partial charge is 0.153 e. The van der Waals surface area contributed by atoms with Crippen LogP contribution in [0.25, 0.3) is 11.1 Å². The number of nitrogens with zero attached hydrogens (tertiary/aromatic N) is 2. The van der Waals surface area contributed by atoms with Crippen LogP contribution in [0.15, 0.2) is 24.5 Å². The van der Waals surface area contributed by atoms with Crippen molar-refractivity contribution in [3.63, 3.8) is 0 Å². The molecular formula is C15H20N4. The minimum atomic E-state index is 0.161. The summed E-state index contributed by atoms with van der Waals surface area (Å²) >= 11 is 0. The van der Waals surface area contributed by atoms with Crippen LogP contribution < -0.4 is 5.73 Å². The standard InChI is InChI=1S/C15H20N4/c1-15(7-3-2-4-8-15)13-12(14(16)19-18-13)11-6-5-9-17-10-11/h5-6,9-10H,2-4,7-8H2,1H3,(H3,16,18,19). The molecule has 3 rings (SSSR count). The van der Waals surface area contributed by atoms with E-state index in [9.17, 15) is 0 Å². The Kier molecular flexibility index (Phi) is 3.01. The first-order chi connectivity index (χ1) is 9.21. The van der Waals surface area contributed by atoms with E-state index in [0.717, 1.165) is 11.1 Å². The molecule has 0 atom stereocenters. The molecule has 4 heteroatoms. The lowest BCUT2D eigenvalue weighted by atomic mass is 9.72. The Morgan fingerprint density at radius 3 is 2.74 bits per heavy atom. The summed E-state index contributed by atoms with van der Waals surface area (Å²) in [6.45, 7) is 2.32. The highest BCUT2D eigenvalue weighted by molar-refractivity contribution is 5.76. The molecule has 0 bridgehead atoms. The summed E-state index contributed by atoms with van der Waals surface area (Å²) in [5.74, 6) is 0.579. The van der Waals surface area contributed by atoms with Crippen LogP contribution >= 0.6 is 0 Å². The third-order valence-electron chi connectivity index (χ3n) is 4.31. The largest absolute Gasteiger partial charge is 0.382 e. The third-order valence-corrected chi connectivity index (χ3v) is 4.31. The summed E-state index contributed by atoms with van der Waals surface area (Å²) in [5, 5.41) is 7.42. The van der Waals surface area contributed by atoms with Crippen LogP contribution in [0.3, 0.4) is 0 Å². The number of hydrogen-bond donors (Lipinski definition) is 2. The molecule has 0 saturated heterocycles. The molecule has 3 N–H and O–H groups in total. The number of aromatic amines is 1. The maximum absolute atomic E-state index is 6.07. The summed E-state index contributed by atoms with van der Waals surface area (Å²) in [5.41, 5.74) is 9.50. The number of nitrogens with two attached hydrogens (primary N) is 1. The minimum Gasteiger partial charge on any atom is -0.382 e. The van der Waals surface area contributed by atoms with Crippen molar-refractivity contribution in [3.05, 3.63) is 30.2 Å². The van der Waals surface area contributed by atoms with Crippen LogP contribution in [0.5, 0.6) is 0 Å². The summed E-state index contributed by atoms with van der Waals surface area (Å²) in [6.07, 6.45) is 9.92. The lowest BCUT2D eigenvalue weighted by Gasteiger charge is -2.33. The van der Waals surface area contributed by atoms with Gasteiger partial charge in [-0.1, -0.05) is 32.3 Å². The van der Waals surface area contributed by atoms with Gasteiger partial charge in [0, 0.05) is 28.9 Å². The summed E-state index contributed by atoms with van der Waals surface area (Å²) in [6, 6.07) is 3.98. The fourth-order valence-corrected chi connectivity index (χ4v) is 3.18. The Balaban J connectivity index is 2.08. The SMILES string of the molecule is CC1(c2[nH]nc(N)c2-c2cccnc2)CCCCC1. The second-order valence-electron chi connectivity index (χ2n) is 5.72. The second kappa shape index (κ2) is 4.68. The van der Waals surface area contributed by atoms with Crippen molar-refractivity contribution in [1.29, 1.82) is 0 Å². The number of hydrogen-bond acceptors (Lipinski definition) is 3. The number of nitrogens with one attached hydrogen (secondary N) is 1. The number of rotatable bonds is 2. The molecule has 0 aromatic carbocycles. The molecule has 2 aromatic heterocycles. The van der Waals surface area contributed by atoms with E-state index in [1.165, 1.54) is 37.8 Å². The first-order valence-corrected chi connectivity index (χ1v) is 6.95. The predicted octanol–water partition coefficient (Wildman–Crippen LogP) is 3.28. The van der Waals surface area contributed by atoms with E-state index < -0.39 is 0 Å². The van der Waals surface area contributed by atoms with E-state index in [1.807, 2.05) is 18.3 Å². The van der Waals surface area contributed by atoms with Crippen LogP contribution in [0, 0.1) is 0 Å². The van der Waals surface area contributed by atoms with Gasteiger partial charge >= 0.3 is 0 Å². The van der Waals surface area contributed by atoms with Crippen molar-refractivity contribution >= 4 is 5.82 Å². The van der Waals surface area contributed by atoms with Crippen LogP contribution in [0.1, 0.15) is 44.7 Å². The van der Waals surface area contributed by atoms with Gasteiger partial charge in [-0.15, -0.1) is 0 Å². The molecule has 2 aromatic rings. The molecule has 19 heavy (non-hydrogen) atoms. The van der Waals surface area contributed by atoms with Gasteiger partial charge in [0.2, 0.25) is 0 Å². The zero-order chi connectivity index (χ0) is 13.3. The van der Waals surface area contributed by atoms with Gasteiger partial charge in [-0.2, -0.15) is 5.10 Å². The zero-order valence-electron chi connectivity index (χ0n) is 11.3. The van der Waals surface area contributed by atoms with Crippen LogP contribution in [-0.2, 0) is 5.41 Å². The first kappa shape index (κ1) is 12.2. The maximum atomic E-state index is 6.07. The molecule has 4 nitrogen and oxygen atoms in total. The maximum Gasteiger partial charge on any atom is 0.153 e. The van der Waals surface area contributed by atoms with Gasteiger partial charge in [-0.25, -0.2) is 0 Å². The number of nitrogen functional groups attached to an aromatic ring is 1. The Morgan fingerprint density at radius 2 is 2.05 bits per heavy atom. The molecule has 1 saturated carbocycles. The van der Waals surface area contributed by atoms with E-state index in [2.05, 4.69) is 22.1 Å². The summed E-state index contributed by atoms with van der Waals surface area (Å²) < 4.78 is 0. The third kappa shape index (κ3) is 2.11. The van der Waals surface area contributed by atoms with Gasteiger partial charge in [0.15, 0.2) is 5.82 Å². The normalized spacial score (nSPS) is 18.4. The van der Waals surface area contributed by atoms with Crippen molar-refractivity contribution in [3.8, 4) is 11.1 Å². The van der Waals surface area contributed by atoms with Crippen molar-refractivity contribution in [2.24, 2.45) is 0 Å². The van der Waals surface area contributed by atoms with Crippen LogP contribution in [-0.4, -0.2) is 15.2 Å². The number of H-pyrrole nitrogens is 1. The van der Waals surface area contributed by atoms with E-state index in [4.69, 9.17) is 5.73 Å². The lowest BCUT2D eigenvalue weighted by Crippen LogP contribution is -2.26. The van der Waals surface area contributed by atoms with E-state index in [0.29, 0.717) is 5.82 Å². The van der Waals surface area contributed by atoms with Crippen molar-refractivity contribution in [2.75, 3.05) is 5.73 Å². The molecule has 1 aliphatic rings. The quantitative estimate of drug-likeness (QED) is 0.866. The van der Waals surface area contributed by atoms with Gasteiger partial charge in [-0.05, 0) is 18.9 Å². The Bertz CT molecular complexity index is 553.